The van der Waals surface area contributed by atoms with Gasteiger partial charge in [-0.25, -0.2) is 9.38 Å². The van der Waals surface area contributed by atoms with Crippen molar-refractivity contribution >= 4 is 29.9 Å². The van der Waals surface area contributed by atoms with Crippen molar-refractivity contribution in [2.75, 3.05) is 6.54 Å². The summed E-state index contributed by atoms with van der Waals surface area (Å²) >= 11 is 0. The van der Waals surface area contributed by atoms with Crippen molar-refractivity contribution in [2.24, 2.45) is 12.0 Å². The van der Waals surface area contributed by atoms with Gasteiger partial charge in [-0.3, -0.25) is 0 Å². The Bertz CT molecular complexity index is 971. The molecule has 0 saturated heterocycles. The monoisotopic (exact) mass is 522 g/mol. The summed E-state index contributed by atoms with van der Waals surface area (Å²) in [6, 6.07) is 15.0. The van der Waals surface area contributed by atoms with Gasteiger partial charge >= 0.3 is 0 Å². The number of benzene rings is 2. The number of aryl methyl sites for hydroxylation is 2. The Balaban J connectivity index is 0.00000320. The quantitative estimate of drug-likeness (QED) is 0.283. The van der Waals surface area contributed by atoms with Crippen molar-refractivity contribution in [3.63, 3.8) is 0 Å². The van der Waals surface area contributed by atoms with E-state index >= 15 is 0 Å². The smallest absolute Gasteiger partial charge is 0.191 e. The van der Waals surface area contributed by atoms with Gasteiger partial charge in [0.25, 0.3) is 0 Å². The number of aromatic nitrogens is 3. The van der Waals surface area contributed by atoms with Gasteiger partial charge in [0.2, 0.25) is 0 Å². The van der Waals surface area contributed by atoms with Gasteiger partial charge in [-0.2, -0.15) is 0 Å². The minimum atomic E-state index is -0.204. The highest BCUT2D eigenvalue weighted by molar-refractivity contribution is 14.0. The molecule has 0 radical (unpaired) electrons. The first-order valence-corrected chi connectivity index (χ1v) is 9.69. The predicted octanol–water partition coefficient (Wildman–Crippen LogP) is 3.67. The molecule has 0 aliphatic rings. The zero-order chi connectivity index (χ0) is 20.6. The zero-order valence-corrected chi connectivity index (χ0v) is 19.9. The largest absolute Gasteiger partial charge is 0.356 e. The van der Waals surface area contributed by atoms with Gasteiger partial charge in [0, 0.05) is 13.6 Å². The maximum absolute atomic E-state index is 13.3. The third-order valence-corrected chi connectivity index (χ3v) is 4.85. The lowest BCUT2D eigenvalue weighted by atomic mass is 10.1. The van der Waals surface area contributed by atoms with Crippen LogP contribution < -0.4 is 10.6 Å². The molecule has 0 amide bonds. The van der Waals surface area contributed by atoms with Gasteiger partial charge in [0.1, 0.15) is 11.6 Å². The van der Waals surface area contributed by atoms with E-state index in [4.69, 9.17) is 4.99 Å². The summed E-state index contributed by atoms with van der Waals surface area (Å²) in [6.07, 6.45) is 0.779. The lowest BCUT2D eigenvalue weighted by Crippen LogP contribution is -2.38. The number of rotatable bonds is 7. The van der Waals surface area contributed by atoms with Crippen LogP contribution in [0, 0.1) is 19.7 Å². The first-order chi connectivity index (χ1) is 14.0. The van der Waals surface area contributed by atoms with E-state index in [1.807, 2.05) is 49.7 Å². The fourth-order valence-electron chi connectivity index (χ4n) is 2.95. The van der Waals surface area contributed by atoms with Gasteiger partial charge in [-0.15, -0.1) is 34.2 Å². The van der Waals surface area contributed by atoms with Crippen LogP contribution >= 0.6 is 24.0 Å². The maximum atomic E-state index is 13.3. The van der Waals surface area contributed by atoms with Crippen LogP contribution in [0.5, 0.6) is 0 Å². The Morgan fingerprint density at radius 2 is 1.83 bits per heavy atom. The Morgan fingerprint density at radius 1 is 1.07 bits per heavy atom. The van der Waals surface area contributed by atoms with Gasteiger partial charge in [0.15, 0.2) is 11.8 Å². The molecule has 0 saturated carbocycles. The van der Waals surface area contributed by atoms with E-state index in [-0.39, 0.29) is 29.8 Å². The minimum absolute atomic E-state index is 0. The molecule has 160 valence electrons. The van der Waals surface area contributed by atoms with Crippen molar-refractivity contribution in [3.05, 3.63) is 82.7 Å². The lowest BCUT2D eigenvalue weighted by molar-refractivity contribution is 0.625. The summed E-state index contributed by atoms with van der Waals surface area (Å²) in [5.41, 5.74) is 3.21. The molecule has 2 aromatic carbocycles. The Morgan fingerprint density at radius 3 is 2.50 bits per heavy atom. The van der Waals surface area contributed by atoms with Crippen LogP contribution in [0.15, 0.2) is 53.5 Å². The van der Waals surface area contributed by atoms with Crippen molar-refractivity contribution in [3.8, 4) is 0 Å². The molecule has 0 atom stereocenters. The number of nitrogens with one attached hydrogen (secondary N) is 2. The molecular formula is C22H28FIN6. The lowest BCUT2D eigenvalue weighted by Gasteiger charge is -2.13. The van der Waals surface area contributed by atoms with Gasteiger partial charge in [-0.05, 0) is 49.1 Å². The number of halogens is 2. The molecule has 0 aliphatic heterocycles. The average Bonchev–Trinajstić information content (AvgIpc) is 3.04. The summed E-state index contributed by atoms with van der Waals surface area (Å²) in [4.78, 5) is 4.69. The van der Waals surface area contributed by atoms with E-state index in [1.165, 1.54) is 6.07 Å². The fraction of sp³-hybridized carbons (Fsp3) is 0.318. The second-order valence-electron chi connectivity index (χ2n) is 6.97. The standard InChI is InChI=1S/C22H27FN6.HI/c1-16-13-20(23)10-9-19(16)11-12-24-22(25-14-18-7-5-4-6-8-18)26-15-21-28-27-17(2)29(21)3;/h4-10,13H,11-12,14-15H2,1-3H3,(H2,24,25,26);1H. The van der Waals surface area contributed by atoms with Crippen LogP contribution in [0.4, 0.5) is 4.39 Å². The summed E-state index contributed by atoms with van der Waals surface area (Å²) in [7, 11) is 1.94. The number of hydrogen-bond acceptors (Lipinski definition) is 3. The zero-order valence-electron chi connectivity index (χ0n) is 17.5. The number of hydrogen-bond donors (Lipinski definition) is 2. The molecule has 1 aromatic heterocycles. The van der Waals surface area contributed by atoms with Crippen LogP contribution in [-0.4, -0.2) is 27.3 Å². The Labute approximate surface area is 194 Å². The van der Waals surface area contributed by atoms with Crippen molar-refractivity contribution in [2.45, 2.75) is 33.4 Å². The molecule has 30 heavy (non-hydrogen) atoms. The Kier molecular flexibility index (Phi) is 9.22. The number of aliphatic imine (C=N–C) groups is 1. The van der Waals surface area contributed by atoms with Crippen molar-refractivity contribution < 1.29 is 4.39 Å². The molecule has 1 heterocycles. The highest BCUT2D eigenvalue weighted by Gasteiger charge is 2.07. The van der Waals surface area contributed by atoms with Crippen molar-refractivity contribution in [1.29, 1.82) is 0 Å². The topological polar surface area (TPSA) is 67.1 Å². The van der Waals surface area contributed by atoms with Gasteiger partial charge in [0.05, 0.1) is 13.1 Å². The molecule has 0 spiro atoms. The third-order valence-electron chi connectivity index (χ3n) is 4.85. The predicted molar refractivity (Wildman–Crippen MR) is 128 cm³/mol. The first kappa shape index (κ1) is 23.8. The van der Waals surface area contributed by atoms with E-state index in [1.54, 1.807) is 6.07 Å². The molecule has 3 rings (SSSR count). The second kappa shape index (κ2) is 11.6. The minimum Gasteiger partial charge on any atom is -0.356 e. The fourth-order valence-corrected chi connectivity index (χ4v) is 2.95. The molecule has 2 N–H and O–H groups in total. The average molecular weight is 522 g/mol. The van der Waals surface area contributed by atoms with Gasteiger partial charge in [-0.1, -0.05) is 36.4 Å². The molecule has 0 fully saturated rings. The molecule has 0 aliphatic carbocycles. The van der Waals surface area contributed by atoms with Crippen molar-refractivity contribution in [1.82, 2.24) is 25.4 Å². The van der Waals surface area contributed by atoms with Crippen LogP contribution in [0.3, 0.4) is 0 Å². The number of guanidine groups is 1. The van der Waals surface area contributed by atoms with E-state index < -0.39 is 0 Å². The number of nitrogens with zero attached hydrogens (tertiary/aromatic N) is 4. The summed E-state index contributed by atoms with van der Waals surface area (Å²) in [5, 5.41) is 15.0. The van der Waals surface area contributed by atoms with Gasteiger partial charge < -0.3 is 15.2 Å². The molecule has 0 bridgehead atoms. The normalized spacial score (nSPS) is 11.1. The highest BCUT2D eigenvalue weighted by atomic mass is 127. The van der Waals surface area contributed by atoms with E-state index in [0.717, 1.165) is 34.8 Å². The second-order valence-corrected chi connectivity index (χ2v) is 6.97. The molecule has 8 heteroatoms. The summed E-state index contributed by atoms with van der Waals surface area (Å²) in [6.45, 7) is 5.63. The van der Waals surface area contributed by atoms with Crippen LogP contribution in [0.2, 0.25) is 0 Å². The molecule has 6 nitrogen and oxygen atoms in total. The van der Waals surface area contributed by atoms with E-state index in [2.05, 4.69) is 33.0 Å². The molecule has 3 aromatic rings. The SMILES string of the molecule is Cc1cc(F)ccc1CCNC(=NCc1ccccc1)NCc1nnc(C)n1C.I. The highest BCUT2D eigenvalue weighted by Crippen LogP contribution is 2.10. The molecule has 0 unspecified atom stereocenters. The van der Waals surface area contributed by atoms with E-state index in [0.29, 0.717) is 25.6 Å². The first-order valence-electron chi connectivity index (χ1n) is 9.69. The van der Waals surface area contributed by atoms with E-state index in [9.17, 15) is 4.39 Å². The summed E-state index contributed by atoms with van der Waals surface area (Å²) in [5.74, 6) is 2.20. The van der Waals surface area contributed by atoms with Crippen LogP contribution in [-0.2, 0) is 26.6 Å². The van der Waals surface area contributed by atoms with Crippen LogP contribution in [0.25, 0.3) is 0 Å². The molecular weight excluding hydrogens is 494 g/mol. The van der Waals surface area contributed by atoms with Crippen LogP contribution in [0.1, 0.15) is 28.3 Å². The summed E-state index contributed by atoms with van der Waals surface area (Å²) < 4.78 is 15.2. The third kappa shape index (κ3) is 6.79. The Hall–Kier alpha value is -2.49. The maximum Gasteiger partial charge on any atom is 0.191 e.